The van der Waals surface area contributed by atoms with Crippen LogP contribution in [0.1, 0.15) is 44.6 Å². The average Bonchev–Trinajstić information content (AvgIpc) is 3.26. The van der Waals surface area contributed by atoms with E-state index >= 15 is 0 Å². The van der Waals surface area contributed by atoms with Crippen LogP contribution >= 0.6 is 0 Å². The van der Waals surface area contributed by atoms with Gasteiger partial charge in [0.15, 0.2) is 0 Å². The SMILES string of the molecule is CC1(NCC(=O)N2C[C@@H](F)C[C@H]2C#N)CCC(O/N=C/c2ccc(Oc3ccccc3)nc2)CC1. The standard InChI is InChI=1S/C26H30FN5O3/c1-26(30-17-25(33)32-18-20(27)13-21(32)14-28)11-9-23(10-12-26)35-31-16-19-7-8-24(29-15-19)34-22-5-3-2-4-6-22/h2-8,15-16,20-21,23,30H,9-13,17-18H2,1H3/b31-16+/t20-,21-,23?,26?/m0/s1. The summed E-state index contributed by atoms with van der Waals surface area (Å²) in [6, 6.07) is 14.5. The third-order valence-electron chi connectivity index (χ3n) is 6.56. The molecule has 35 heavy (non-hydrogen) atoms. The van der Waals surface area contributed by atoms with Gasteiger partial charge in [-0.2, -0.15) is 5.26 Å². The number of hydrogen-bond donors (Lipinski definition) is 1. The Hall–Kier alpha value is -3.51. The van der Waals surface area contributed by atoms with E-state index in [1.54, 1.807) is 18.5 Å². The van der Waals surface area contributed by atoms with Gasteiger partial charge in [0.2, 0.25) is 11.8 Å². The van der Waals surface area contributed by atoms with E-state index in [9.17, 15) is 9.18 Å². The number of likely N-dealkylation sites (tertiary alicyclic amines) is 1. The Morgan fingerprint density at radius 1 is 1.31 bits per heavy atom. The molecule has 0 radical (unpaired) electrons. The zero-order valence-corrected chi connectivity index (χ0v) is 19.8. The van der Waals surface area contributed by atoms with Crippen LogP contribution in [-0.4, -0.2) is 59.0 Å². The van der Waals surface area contributed by atoms with Crippen LogP contribution in [0.2, 0.25) is 0 Å². The summed E-state index contributed by atoms with van der Waals surface area (Å²) >= 11 is 0. The molecule has 1 saturated heterocycles. The minimum Gasteiger partial charge on any atom is -0.439 e. The molecule has 4 rings (SSSR count). The quantitative estimate of drug-likeness (QED) is 0.454. The van der Waals surface area contributed by atoms with Crippen molar-refractivity contribution in [3.8, 4) is 17.7 Å². The van der Waals surface area contributed by atoms with E-state index in [0.717, 1.165) is 37.0 Å². The van der Waals surface area contributed by atoms with E-state index < -0.39 is 12.2 Å². The maximum absolute atomic E-state index is 13.6. The highest BCUT2D eigenvalue weighted by molar-refractivity contribution is 5.79. The number of oxime groups is 1. The molecule has 9 heteroatoms. The van der Waals surface area contributed by atoms with Crippen molar-refractivity contribution >= 4 is 12.1 Å². The third kappa shape index (κ3) is 6.76. The van der Waals surface area contributed by atoms with Gasteiger partial charge in [0, 0.05) is 29.8 Å². The number of rotatable bonds is 8. The van der Waals surface area contributed by atoms with Crippen molar-refractivity contribution in [2.75, 3.05) is 13.1 Å². The first-order valence-corrected chi connectivity index (χ1v) is 11.9. The molecule has 1 aromatic carbocycles. The molecule has 1 aliphatic heterocycles. The van der Waals surface area contributed by atoms with Crippen molar-refractivity contribution < 1.29 is 18.8 Å². The van der Waals surface area contributed by atoms with Gasteiger partial charge in [-0.3, -0.25) is 4.79 Å². The fourth-order valence-corrected chi connectivity index (χ4v) is 4.40. The van der Waals surface area contributed by atoms with Gasteiger partial charge in [0.1, 0.15) is 24.1 Å². The van der Waals surface area contributed by atoms with Crippen LogP contribution in [0.4, 0.5) is 4.39 Å². The zero-order valence-electron chi connectivity index (χ0n) is 19.8. The summed E-state index contributed by atoms with van der Waals surface area (Å²) in [5.41, 5.74) is 0.591. The average molecular weight is 480 g/mol. The van der Waals surface area contributed by atoms with Crippen molar-refractivity contribution in [1.29, 1.82) is 5.26 Å². The molecule has 8 nitrogen and oxygen atoms in total. The highest BCUT2D eigenvalue weighted by Crippen LogP contribution is 2.30. The first kappa shape index (κ1) is 24.6. The molecule has 1 amide bonds. The van der Waals surface area contributed by atoms with Crippen molar-refractivity contribution in [3.05, 3.63) is 54.2 Å². The van der Waals surface area contributed by atoms with Gasteiger partial charge in [-0.15, -0.1) is 0 Å². The van der Waals surface area contributed by atoms with E-state index in [1.165, 1.54) is 4.90 Å². The molecule has 1 aromatic heterocycles. The lowest BCUT2D eigenvalue weighted by Gasteiger charge is -2.37. The van der Waals surface area contributed by atoms with Crippen LogP contribution in [-0.2, 0) is 9.63 Å². The van der Waals surface area contributed by atoms with Crippen LogP contribution in [0.15, 0.2) is 53.8 Å². The maximum Gasteiger partial charge on any atom is 0.237 e. The number of ether oxygens (including phenoxy) is 1. The molecule has 2 aliphatic rings. The predicted octanol–water partition coefficient (Wildman–Crippen LogP) is 3.98. The minimum atomic E-state index is -1.12. The lowest BCUT2D eigenvalue weighted by molar-refractivity contribution is -0.130. The van der Waals surface area contributed by atoms with Crippen molar-refractivity contribution in [3.63, 3.8) is 0 Å². The van der Waals surface area contributed by atoms with Gasteiger partial charge in [0.05, 0.1) is 25.4 Å². The van der Waals surface area contributed by atoms with E-state index in [1.807, 2.05) is 42.5 Å². The molecule has 1 aliphatic carbocycles. The topological polar surface area (TPSA) is 99.8 Å². The fraction of sp³-hybridized carbons (Fsp3) is 0.462. The van der Waals surface area contributed by atoms with Gasteiger partial charge >= 0.3 is 0 Å². The number of nitriles is 1. The van der Waals surface area contributed by atoms with Gasteiger partial charge in [-0.1, -0.05) is 23.4 Å². The van der Waals surface area contributed by atoms with E-state index in [2.05, 4.69) is 22.4 Å². The Kier molecular flexibility index (Phi) is 7.93. The number of nitrogens with one attached hydrogen (secondary N) is 1. The second kappa shape index (κ2) is 11.3. The molecular weight excluding hydrogens is 449 g/mol. The van der Waals surface area contributed by atoms with Crippen molar-refractivity contribution in [1.82, 2.24) is 15.2 Å². The van der Waals surface area contributed by atoms with Crippen LogP contribution in [0, 0.1) is 11.3 Å². The van der Waals surface area contributed by atoms with Gasteiger partial charge < -0.3 is 19.8 Å². The first-order valence-electron chi connectivity index (χ1n) is 11.9. The number of amides is 1. The van der Waals surface area contributed by atoms with Gasteiger partial charge in [0.25, 0.3) is 0 Å². The maximum atomic E-state index is 13.6. The van der Waals surface area contributed by atoms with Crippen molar-refractivity contribution in [2.24, 2.45) is 5.16 Å². The number of hydrogen-bond acceptors (Lipinski definition) is 7. The summed E-state index contributed by atoms with van der Waals surface area (Å²) in [7, 11) is 0. The summed E-state index contributed by atoms with van der Waals surface area (Å²) in [6.45, 7) is 2.18. The predicted molar refractivity (Wildman–Crippen MR) is 129 cm³/mol. The lowest BCUT2D eigenvalue weighted by atomic mass is 9.82. The smallest absolute Gasteiger partial charge is 0.237 e. The number of benzene rings is 1. The normalized spacial score (nSPS) is 26.4. The number of nitrogens with zero attached hydrogens (tertiary/aromatic N) is 4. The summed E-state index contributed by atoms with van der Waals surface area (Å²) in [5, 5.41) is 16.6. The molecule has 1 N–H and O–H groups in total. The highest BCUT2D eigenvalue weighted by atomic mass is 19.1. The Morgan fingerprint density at radius 2 is 2.09 bits per heavy atom. The molecule has 1 saturated carbocycles. The van der Waals surface area contributed by atoms with E-state index in [0.29, 0.717) is 5.88 Å². The fourth-order valence-electron chi connectivity index (χ4n) is 4.40. The number of alkyl halides is 1. The van der Waals surface area contributed by atoms with E-state index in [-0.39, 0.29) is 37.1 Å². The summed E-state index contributed by atoms with van der Waals surface area (Å²) < 4.78 is 19.3. The first-order chi connectivity index (χ1) is 16.9. The van der Waals surface area contributed by atoms with Crippen molar-refractivity contribution in [2.45, 2.75) is 62.9 Å². The Balaban J connectivity index is 1.18. The molecule has 0 unspecified atom stereocenters. The second-order valence-corrected chi connectivity index (χ2v) is 9.32. The second-order valence-electron chi connectivity index (χ2n) is 9.32. The van der Waals surface area contributed by atoms with Gasteiger partial charge in [-0.25, -0.2) is 9.37 Å². The molecule has 2 atom stereocenters. The summed E-state index contributed by atoms with van der Waals surface area (Å²) in [6.07, 6.45) is 5.52. The van der Waals surface area contributed by atoms with Crippen LogP contribution in [0.5, 0.6) is 11.6 Å². The number of carbonyl (C=O) groups excluding carboxylic acids is 1. The molecule has 2 fully saturated rings. The van der Waals surface area contributed by atoms with Crippen LogP contribution < -0.4 is 10.1 Å². The molecule has 184 valence electrons. The monoisotopic (exact) mass is 479 g/mol. The van der Waals surface area contributed by atoms with Crippen LogP contribution in [0.25, 0.3) is 0 Å². The highest BCUT2D eigenvalue weighted by Gasteiger charge is 2.37. The third-order valence-corrected chi connectivity index (χ3v) is 6.56. The lowest BCUT2D eigenvalue weighted by Crippen LogP contribution is -2.51. The number of para-hydroxylation sites is 1. The molecule has 2 heterocycles. The number of aromatic nitrogens is 1. The summed E-state index contributed by atoms with van der Waals surface area (Å²) in [5.74, 6) is 1.00. The largest absolute Gasteiger partial charge is 0.439 e. The van der Waals surface area contributed by atoms with Gasteiger partial charge in [-0.05, 0) is 50.8 Å². The number of carbonyl (C=O) groups is 1. The van der Waals surface area contributed by atoms with E-state index in [4.69, 9.17) is 14.8 Å². The Labute approximate surface area is 204 Å². The Morgan fingerprint density at radius 3 is 2.77 bits per heavy atom. The Bertz CT molecular complexity index is 1050. The molecule has 2 aromatic rings. The molecule has 0 bridgehead atoms. The number of pyridine rings is 1. The molecule has 0 spiro atoms. The number of halogens is 1. The minimum absolute atomic E-state index is 0.000629. The van der Waals surface area contributed by atoms with Crippen LogP contribution in [0.3, 0.4) is 0 Å². The summed E-state index contributed by atoms with van der Waals surface area (Å²) in [4.78, 5) is 23.8. The molecular formula is C26H30FN5O3. The zero-order chi connectivity index (χ0) is 24.7.